The van der Waals surface area contributed by atoms with E-state index in [2.05, 4.69) is 32.3 Å². The third kappa shape index (κ3) is 4.72. The number of thiophene rings is 1. The van der Waals surface area contributed by atoms with Crippen LogP contribution >= 0.6 is 39.0 Å². The van der Waals surface area contributed by atoms with E-state index in [-0.39, 0.29) is 5.91 Å². The minimum absolute atomic E-state index is 0.202. The van der Waals surface area contributed by atoms with Crippen LogP contribution in [-0.2, 0) is 12.3 Å². The second-order valence-electron chi connectivity index (χ2n) is 5.75. The van der Waals surface area contributed by atoms with Gasteiger partial charge in [0.1, 0.15) is 0 Å². The summed E-state index contributed by atoms with van der Waals surface area (Å²) in [7, 11) is 0. The number of fused-ring (bicyclic) bond motifs is 1. The van der Waals surface area contributed by atoms with Crippen molar-refractivity contribution in [3.8, 4) is 0 Å². The fourth-order valence-corrected chi connectivity index (χ4v) is 5.13. The SMILES string of the molecule is CCn1c(=O)c(=O)[nH]c2cc(C(=O)NCCSCc3ccc(Br)s3)ccc21. The van der Waals surface area contributed by atoms with Gasteiger partial charge < -0.3 is 14.9 Å². The highest BCUT2D eigenvalue weighted by Crippen LogP contribution is 2.25. The number of nitrogens with one attached hydrogen (secondary N) is 2. The van der Waals surface area contributed by atoms with Gasteiger partial charge in [-0.25, -0.2) is 0 Å². The molecular formula is C18H18BrN3O3S2. The van der Waals surface area contributed by atoms with Gasteiger partial charge in [-0.1, -0.05) is 0 Å². The molecule has 0 atom stereocenters. The molecule has 0 aliphatic carbocycles. The predicted molar refractivity (Wildman–Crippen MR) is 115 cm³/mol. The molecule has 3 aromatic rings. The normalized spacial score (nSPS) is 11.0. The van der Waals surface area contributed by atoms with E-state index >= 15 is 0 Å². The quantitative estimate of drug-likeness (QED) is 0.412. The number of thioether (sulfide) groups is 1. The Kier molecular flexibility index (Phi) is 6.56. The van der Waals surface area contributed by atoms with Gasteiger partial charge in [0.05, 0.1) is 14.8 Å². The monoisotopic (exact) mass is 467 g/mol. The van der Waals surface area contributed by atoms with Crippen LogP contribution in [0.25, 0.3) is 11.0 Å². The molecule has 9 heteroatoms. The molecule has 0 radical (unpaired) electrons. The maximum absolute atomic E-state index is 12.3. The third-order valence-electron chi connectivity index (χ3n) is 3.96. The first-order valence-corrected chi connectivity index (χ1v) is 11.1. The lowest BCUT2D eigenvalue weighted by atomic mass is 10.1. The Labute approximate surface area is 172 Å². The Bertz CT molecular complexity index is 1090. The van der Waals surface area contributed by atoms with Crippen molar-refractivity contribution in [1.29, 1.82) is 0 Å². The molecule has 0 aliphatic heterocycles. The van der Waals surface area contributed by atoms with Crippen molar-refractivity contribution in [3.05, 3.63) is 65.3 Å². The summed E-state index contributed by atoms with van der Waals surface area (Å²) in [5.74, 6) is 1.52. The number of nitrogens with zero attached hydrogens (tertiary/aromatic N) is 1. The highest BCUT2D eigenvalue weighted by atomic mass is 79.9. The Morgan fingerprint density at radius 2 is 2.11 bits per heavy atom. The van der Waals surface area contributed by atoms with Crippen LogP contribution in [0.15, 0.2) is 43.7 Å². The van der Waals surface area contributed by atoms with E-state index in [0.717, 1.165) is 15.3 Å². The number of carbonyl (C=O) groups excluding carboxylic acids is 1. The zero-order chi connectivity index (χ0) is 19.4. The van der Waals surface area contributed by atoms with Crippen LogP contribution in [0, 0.1) is 0 Å². The van der Waals surface area contributed by atoms with E-state index in [1.807, 2.05) is 6.07 Å². The molecule has 0 spiro atoms. The van der Waals surface area contributed by atoms with Gasteiger partial charge in [-0.2, -0.15) is 11.8 Å². The van der Waals surface area contributed by atoms with Crippen molar-refractivity contribution in [2.24, 2.45) is 0 Å². The number of amides is 1. The van der Waals surface area contributed by atoms with Gasteiger partial charge in [0.15, 0.2) is 0 Å². The minimum Gasteiger partial charge on any atom is -0.351 e. The van der Waals surface area contributed by atoms with Gasteiger partial charge in [0.2, 0.25) is 0 Å². The molecule has 2 heterocycles. The zero-order valence-electron chi connectivity index (χ0n) is 14.6. The van der Waals surface area contributed by atoms with Crippen molar-refractivity contribution < 1.29 is 4.79 Å². The molecule has 27 heavy (non-hydrogen) atoms. The maximum Gasteiger partial charge on any atom is 0.316 e. The number of carbonyl (C=O) groups is 1. The van der Waals surface area contributed by atoms with Crippen molar-refractivity contribution in [1.82, 2.24) is 14.9 Å². The largest absolute Gasteiger partial charge is 0.351 e. The lowest BCUT2D eigenvalue weighted by Crippen LogP contribution is -2.36. The highest BCUT2D eigenvalue weighted by molar-refractivity contribution is 9.11. The maximum atomic E-state index is 12.3. The number of aryl methyl sites for hydroxylation is 1. The number of aromatic amines is 1. The fraction of sp³-hybridized carbons (Fsp3) is 0.278. The average Bonchev–Trinajstić information content (AvgIpc) is 3.07. The number of benzene rings is 1. The second-order valence-corrected chi connectivity index (χ2v) is 9.40. The predicted octanol–water partition coefficient (Wildman–Crippen LogP) is 3.20. The van der Waals surface area contributed by atoms with E-state index in [9.17, 15) is 14.4 Å². The van der Waals surface area contributed by atoms with Gasteiger partial charge in [0.25, 0.3) is 5.91 Å². The number of H-pyrrole nitrogens is 1. The van der Waals surface area contributed by atoms with Crippen LogP contribution in [0.3, 0.4) is 0 Å². The van der Waals surface area contributed by atoms with Crippen molar-refractivity contribution in [3.63, 3.8) is 0 Å². The van der Waals surface area contributed by atoms with Gasteiger partial charge in [-0.3, -0.25) is 14.4 Å². The second kappa shape index (κ2) is 8.90. The average molecular weight is 468 g/mol. The van der Waals surface area contributed by atoms with Gasteiger partial charge in [-0.05, 0) is 53.2 Å². The van der Waals surface area contributed by atoms with Crippen LogP contribution in [0.4, 0.5) is 0 Å². The van der Waals surface area contributed by atoms with Crippen molar-refractivity contribution in [2.75, 3.05) is 12.3 Å². The molecule has 0 fully saturated rings. The Balaban J connectivity index is 1.61. The topological polar surface area (TPSA) is 84.0 Å². The minimum atomic E-state index is -0.682. The van der Waals surface area contributed by atoms with Gasteiger partial charge in [-0.15, -0.1) is 11.3 Å². The molecule has 2 aromatic heterocycles. The summed E-state index contributed by atoms with van der Waals surface area (Å²) in [6.45, 7) is 2.75. The lowest BCUT2D eigenvalue weighted by Gasteiger charge is -2.09. The number of hydrogen-bond acceptors (Lipinski definition) is 5. The van der Waals surface area contributed by atoms with Crippen LogP contribution in [0.2, 0.25) is 0 Å². The summed E-state index contributed by atoms with van der Waals surface area (Å²) in [5, 5.41) is 2.88. The fourth-order valence-electron chi connectivity index (χ4n) is 2.68. The van der Waals surface area contributed by atoms with Crippen molar-refractivity contribution in [2.45, 2.75) is 19.2 Å². The highest BCUT2D eigenvalue weighted by Gasteiger charge is 2.10. The number of aromatic nitrogens is 2. The Hall–Kier alpha value is -1.84. The number of halogens is 1. The Morgan fingerprint density at radius 1 is 1.30 bits per heavy atom. The summed E-state index contributed by atoms with van der Waals surface area (Å²) in [6, 6.07) is 9.08. The first-order valence-electron chi connectivity index (χ1n) is 8.36. The molecule has 3 rings (SSSR count). The summed E-state index contributed by atoms with van der Waals surface area (Å²) in [4.78, 5) is 39.8. The van der Waals surface area contributed by atoms with Crippen molar-refractivity contribution >= 4 is 56.0 Å². The van der Waals surface area contributed by atoms with E-state index < -0.39 is 11.1 Å². The van der Waals surface area contributed by atoms with Gasteiger partial charge >= 0.3 is 11.1 Å². The van der Waals surface area contributed by atoms with E-state index in [1.165, 1.54) is 9.44 Å². The summed E-state index contributed by atoms with van der Waals surface area (Å²) >= 11 is 6.91. The molecule has 0 unspecified atom stereocenters. The van der Waals surface area contributed by atoms with E-state index in [4.69, 9.17) is 0 Å². The zero-order valence-corrected chi connectivity index (χ0v) is 17.8. The standard InChI is InChI=1S/C18H18BrN3O3S2/c1-2-22-14-5-3-11(9-13(14)21-17(24)18(22)25)16(23)20-7-8-26-10-12-4-6-15(19)27-12/h3-6,9H,2,7-8,10H2,1H3,(H,20,23)(H,21,24). The number of rotatable bonds is 7. The molecular weight excluding hydrogens is 450 g/mol. The number of hydrogen-bond donors (Lipinski definition) is 2. The van der Waals surface area contributed by atoms with E-state index in [1.54, 1.807) is 48.2 Å². The van der Waals surface area contributed by atoms with Crippen LogP contribution in [0.1, 0.15) is 22.2 Å². The van der Waals surface area contributed by atoms with Gasteiger partial charge in [0, 0.05) is 35.0 Å². The molecule has 1 amide bonds. The molecule has 0 aliphatic rings. The van der Waals surface area contributed by atoms with Crippen LogP contribution < -0.4 is 16.4 Å². The smallest absolute Gasteiger partial charge is 0.316 e. The molecule has 0 saturated carbocycles. The molecule has 142 valence electrons. The lowest BCUT2D eigenvalue weighted by molar-refractivity contribution is 0.0956. The molecule has 1 aromatic carbocycles. The van der Waals surface area contributed by atoms with Crippen LogP contribution in [-0.4, -0.2) is 27.8 Å². The first kappa shape index (κ1) is 19.9. The molecule has 0 bridgehead atoms. The summed E-state index contributed by atoms with van der Waals surface area (Å²) in [6.07, 6.45) is 0. The van der Waals surface area contributed by atoms with Crippen LogP contribution in [0.5, 0.6) is 0 Å². The molecule has 0 saturated heterocycles. The Morgan fingerprint density at radius 3 is 2.81 bits per heavy atom. The first-order chi connectivity index (χ1) is 13.0. The third-order valence-corrected chi connectivity index (χ3v) is 6.77. The molecule has 2 N–H and O–H groups in total. The summed E-state index contributed by atoms with van der Waals surface area (Å²) < 4.78 is 2.52. The van der Waals surface area contributed by atoms with E-state index in [0.29, 0.717) is 29.7 Å². The summed E-state index contributed by atoms with van der Waals surface area (Å²) in [5.41, 5.74) is 0.269. The molecule has 6 nitrogen and oxygen atoms in total.